The lowest BCUT2D eigenvalue weighted by atomic mass is 9.73. The van der Waals surface area contributed by atoms with E-state index in [0.29, 0.717) is 22.3 Å². The van der Waals surface area contributed by atoms with E-state index in [1.165, 1.54) is 22.6 Å². The van der Waals surface area contributed by atoms with Gasteiger partial charge in [0.2, 0.25) is 11.8 Å². The van der Waals surface area contributed by atoms with Crippen LogP contribution in [0.3, 0.4) is 0 Å². The molecule has 1 aliphatic heterocycles. The summed E-state index contributed by atoms with van der Waals surface area (Å²) in [6.45, 7) is -0.483. The van der Waals surface area contributed by atoms with Gasteiger partial charge < -0.3 is 10.1 Å². The highest BCUT2D eigenvalue weighted by molar-refractivity contribution is 6.33. The van der Waals surface area contributed by atoms with Crippen LogP contribution in [0.15, 0.2) is 78.9 Å². The van der Waals surface area contributed by atoms with Gasteiger partial charge in [-0.25, -0.2) is 4.79 Å². The largest absolute Gasteiger partial charge is 0.452 e. The molecule has 0 radical (unpaired) electrons. The minimum absolute atomic E-state index is 0.148. The van der Waals surface area contributed by atoms with Crippen molar-refractivity contribution in [2.24, 2.45) is 23.7 Å². The normalized spacial score (nSPS) is 25.4. The van der Waals surface area contributed by atoms with Crippen LogP contribution in [-0.2, 0) is 19.1 Å². The molecule has 7 nitrogen and oxygen atoms in total. The van der Waals surface area contributed by atoms with E-state index in [1.54, 1.807) is 36.4 Å². The minimum Gasteiger partial charge on any atom is -0.452 e. The molecule has 0 aromatic heterocycles. The number of fused-ring (bicyclic) bond motifs is 5. The molecule has 3 aromatic rings. The number of halogens is 1. The number of amides is 3. The molecule has 8 heteroatoms. The predicted molar refractivity (Wildman–Crippen MR) is 142 cm³/mol. The molecular weight excluding hydrogens is 504 g/mol. The standard InChI is InChI=1S/C30H25ClN2O5/c31-23-8-4-5-9-24(23)32-25(34)16-38-30(37)18-10-12-20(13-11-18)33-28(35)26-19-14-21(17-6-2-1-3-7-17)22(15-19)27(26)29(33)36/h1-13,19,21-22,26-27H,14-16H2,(H,32,34)/t19-,21-,22+,26+,27-/m0/s1. The van der Waals surface area contributed by atoms with Crippen LogP contribution in [0.4, 0.5) is 11.4 Å². The van der Waals surface area contributed by atoms with Crippen LogP contribution in [0.25, 0.3) is 0 Å². The van der Waals surface area contributed by atoms with E-state index >= 15 is 0 Å². The average molecular weight is 529 g/mol. The maximum Gasteiger partial charge on any atom is 0.338 e. The van der Waals surface area contributed by atoms with Crippen LogP contribution in [0, 0.1) is 23.7 Å². The highest BCUT2D eigenvalue weighted by Crippen LogP contribution is 2.61. The van der Waals surface area contributed by atoms with E-state index in [0.717, 1.165) is 12.8 Å². The summed E-state index contributed by atoms with van der Waals surface area (Å²) >= 11 is 6.03. The van der Waals surface area contributed by atoms with E-state index < -0.39 is 18.5 Å². The Morgan fingerprint density at radius 2 is 1.55 bits per heavy atom. The van der Waals surface area contributed by atoms with Crippen LogP contribution in [-0.4, -0.2) is 30.3 Å². The van der Waals surface area contributed by atoms with Gasteiger partial charge >= 0.3 is 5.97 Å². The van der Waals surface area contributed by atoms with E-state index in [4.69, 9.17) is 16.3 Å². The fraction of sp³-hybridized carbons (Fsp3) is 0.267. The molecule has 0 spiro atoms. The number of nitrogens with zero attached hydrogens (tertiary/aromatic N) is 1. The molecule has 0 unspecified atom stereocenters. The summed E-state index contributed by atoms with van der Waals surface area (Å²) < 4.78 is 5.12. The molecule has 5 atom stereocenters. The fourth-order valence-electron chi connectivity index (χ4n) is 6.51. The van der Waals surface area contributed by atoms with Crippen molar-refractivity contribution in [3.63, 3.8) is 0 Å². The third-order valence-corrected chi connectivity index (χ3v) is 8.42. The number of anilines is 2. The Hall–Kier alpha value is -3.97. The van der Waals surface area contributed by atoms with E-state index in [1.807, 2.05) is 18.2 Å². The van der Waals surface area contributed by atoms with Crippen LogP contribution >= 0.6 is 11.6 Å². The van der Waals surface area contributed by atoms with E-state index in [-0.39, 0.29) is 41.0 Å². The van der Waals surface area contributed by atoms with Gasteiger partial charge in [-0.05, 0) is 72.6 Å². The molecule has 3 amide bonds. The van der Waals surface area contributed by atoms with Gasteiger partial charge in [0, 0.05) is 0 Å². The maximum absolute atomic E-state index is 13.5. The first-order valence-electron chi connectivity index (χ1n) is 12.7. The molecule has 38 heavy (non-hydrogen) atoms. The zero-order valence-corrected chi connectivity index (χ0v) is 21.1. The smallest absolute Gasteiger partial charge is 0.338 e. The number of nitrogens with one attached hydrogen (secondary N) is 1. The van der Waals surface area contributed by atoms with Gasteiger partial charge in [0.25, 0.3) is 5.91 Å². The van der Waals surface area contributed by atoms with Crippen LogP contribution in [0.5, 0.6) is 0 Å². The quantitative estimate of drug-likeness (QED) is 0.356. The van der Waals surface area contributed by atoms with Crippen molar-refractivity contribution in [3.8, 4) is 0 Å². The lowest BCUT2D eigenvalue weighted by Gasteiger charge is -2.28. The zero-order chi connectivity index (χ0) is 26.4. The van der Waals surface area contributed by atoms with Crippen LogP contribution < -0.4 is 10.2 Å². The molecule has 3 aromatic carbocycles. The molecule has 3 fully saturated rings. The molecule has 1 heterocycles. The Balaban J connectivity index is 1.11. The first-order chi connectivity index (χ1) is 18.4. The van der Waals surface area contributed by atoms with E-state index in [2.05, 4.69) is 17.4 Å². The van der Waals surface area contributed by atoms with Crippen molar-refractivity contribution in [3.05, 3.63) is 95.0 Å². The second-order valence-corrected chi connectivity index (χ2v) is 10.5. The Morgan fingerprint density at radius 3 is 2.29 bits per heavy atom. The molecule has 3 aliphatic rings. The van der Waals surface area contributed by atoms with Crippen LogP contribution in [0.2, 0.25) is 5.02 Å². The third kappa shape index (κ3) is 4.17. The number of ether oxygens (including phenoxy) is 1. The van der Waals surface area contributed by atoms with Gasteiger partial charge in [0.05, 0.1) is 33.8 Å². The van der Waals surface area contributed by atoms with Gasteiger partial charge in [0.1, 0.15) is 0 Å². The summed E-state index contributed by atoms with van der Waals surface area (Å²) in [5.41, 5.74) is 2.31. The molecule has 6 rings (SSSR count). The summed E-state index contributed by atoms with van der Waals surface area (Å²) in [5, 5.41) is 2.96. The number of carbonyl (C=O) groups is 4. The summed E-state index contributed by atoms with van der Waals surface area (Å²) in [7, 11) is 0. The van der Waals surface area contributed by atoms with Crippen molar-refractivity contribution in [1.82, 2.24) is 0 Å². The van der Waals surface area contributed by atoms with Gasteiger partial charge in [0.15, 0.2) is 6.61 Å². The van der Waals surface area contributed by atoms with Crippen molar-refractivity contribution in [2.45, 2.75) is 18.8 Å². The van der Waals surface area contributed by atoms with Crippen molar-refractivity contribution in [1.29, 1.82) is 0 Å². The molecule has 2 saturated carbocycles. The van der Waals surface area contributed by atoms with Crippen molar-refractivity contribution in [2.75, 3.05) is 16.8 Å². The number of benzene rings is 3. The lowest BCUT2D eigenvalue weighted by molar-refractivity contribution is -0.123. The Kier molecular flexibility index (Phi) is 6.24. The number of esters is 1. The topological polar surface area (TPSA) is 92.8 Å². The first-order valence-corrected chi connectivity index (χ1v) is 13.0. The first kappa shape index (κ1) is 24.4. The number of para-hydroxylation sites is 1. The molecule has 192 valence electrons. The SMILES string of the molecule is O=C(COC(=O)c1ccc(N2C(=O)[C@@H]3[C@@H]4C[C@@H]([C@@H]3C2=O)[C@H](c2ccccc2)C4)cc1)Nc1ccccc1Cl. The highest BCUT2D eigenvalue weighted by atomic mass is 35.5. The Bertz CT molecular complexity index is 1420. The second-order valence-electron chi connectivity index (χ2n) is 10.1. The minimum atomic E-state index is -0.689. The number of hydrogen-bond acceptors (Lipinski definition) is 5. The number of rotatable bonds is 6. The van der Waals surface area contributed by atoms with Gasteiger partial charge in [-0.3, -0.25) is 19.3 Å². The number of imide groups is 1. The third-order valence-electron chi connectivity index (χ3n) is 8.09. The average Bonchev–Trinajstić information content (AvgIpc) is 3.60. The predicted octanol–water partition coefficient (Wildman–Crippen LogP) is 5.06. The highest BCUT2D eigenvalue weighted by Gasteiger charge is 2.64. The summed E-state index contributed by atoms with van der Waals surface area (Å²) in [5.74, 6) is -1.40. The summed E-state index contributed by atoms with van der Waals surface area (Å²) in [6, 6.07) is 23.1. The summed E-state index contributed by atoms with van der Waals surface area (Å²) in [4.78, 5) is 52.8. The maximum atomic E-state index is 13.5. The Morgan fingerprint density at radius 1 is 0.868 bits per heavy atom. The van der Waals surface area contributed by atoms with E-state index in [9.17, 15) is 19.2 Å². The number of hydrogen-bond donors (Lipinski definition) is 1. The fourth-order valence-corrected chi connectivity index (χ4v) is 6.69. The van der Waals surface area contributed by atoms with Gasteiger partial charge in [-0.1, -0.05) is 54.1 Å². The molecule has 2 bridgehead atoms. The second kappa shape index (κ2) is 9.72. The number of carbonyl (C=O) groups excluding carboxylic acids is 4. The lowest BCUT2D eigenvalue weighted by Crippen LogP contribution is -2.33. The molecule has 1 N–H and O–H groups in total. The van der Waals surface area contributed by atoms with Crippen LogP contribution in [0.1, 0.15) is 34.7 Å². The molecular formula is C30H25ClN2O5. The Labute approximate surface area is 224 Å². The molecule has 2 aliphatic carbocycles. The molecule has 1 saturated heterocycles. The monoisotopic (exact) mass is 528 g/mol. The zero-order valence-electron chi connectivity index (χ0n) is 20.4. The van der Waals surface area contributed by atoms with Crippen molar-refractivity contribution < 1.29 is 23.9 Å². The van der Waals surface area contributed by atoms with Gasteiger partial charge in [-0.15, -0.1) is 0 Å². The summed E-state index contributed by atoms with van der Waals surface area (Å²) in [6.07, 6.45) is 1.84. The van der Waals surface area contributed by atoms with Crippen molar-refractivity contribution >= 4 is 46.7 Å². The van der Waals surface area contributed by atoms with Gasteiger partial charge in [-0.2, -0.15) is 0 Å².